The zero-order chi connectivity index (χ0) is 7.56. The van der Waals surface area contributed by atoms with E-state index in [0.717, 1.165) is 12.8 Å². The van der Waals surface area contributed by atoms with Crippen LogP contribution in [-0.2, 0) is 9.53 Å². The normalized spacial score (nSPS) is 31.0. The van der Waals surface area contributed by atoms with Crippen LogP contribution in [-0.4, -0.2) is 18.1 Å². The molecule has 3 nitrogen and oxygen atoms in total. The van der Waals surface area contributed by atoms with E-state index in [1.54, 1.807) is 6.92 Å². The lowest BCUT2D eigenvalue weighted by molar-refractivity contribution is -0.153. The first-order chi connectivity index (χ1) is 4.74. The van der Waals surface area contributed by atoms with Crippen LogP contribution < -0.4 is 5.73 Å². The van der Waals surface area contributed by atoms with Crippen molar-refractivity contribution in [3.63, 3.8) is 0 Å². The summed E-state index contributed by atoms with van der Waals surface area (Å²) >= 11 is 0. The van der Waals surface area contributed by atoms with Gasteiger partial charge in [-0.1, -0.05) is 6.92 Å². The molecule has 2 atom stereocenters. The van der Waals surface area contributed by atoms with Gasteiger partial charge < -0.3 is 10.5 Å². The zero-order valence-corrected chi connectivity index (χ0v) is 6.17. The first-order valence-corrected chi connectivity index (χ1v) is 3.69. The molecule has 0 radical (unpaired) electrons. The molecule has 2 N–H and O–H groups in total. The maximum Gasteiger partial charge on any atom is 0.305 e. The first kappa shape index (κ1) is 7.54. The second kappa shape index (κ2) is 3.01. The number of ether oxygens (including phenoxy) is 1. The third kappa shape index (κ3) is 1.48. The summed E-state index contributed by atoms with van der Waals surface area (Å²) in [6.45, 7) is 1.78. The minimum absolute atomic E-state index is 0.00690. The van der Waals surface area contributed by atoms with Gasteiger partial charge in [0.1, 0.15) is 6.10 Å². The van der Waals surface area contributed by atoms with E-state index in [2.05, 4.69) is 0 Å². The number of nitrogens with two attached hydrogens (primary N) is 1. The van der Waals surface area contributed by atoms with Gasteiger partial charge in [0.15, 0.2) is 0 Å². The number of carbonyl (C=O) groups is 1. The molecule has 0 aromatic rings. The fraction of sp³-hybridized carbons (Fsp3) is 0.857. The van der Waals surface area contributed by atoms with Crippen LogP contribution >= 0.6 is 0 Å². The van der Waals surface area contributed by atoms with Gasteiger partial charge in [-0.3, -0.25) is 4.79 Å². The Bertz CT molecular complexity index is 136. The highest BCUT2D eigenvalue weighted by Crippen LogP contribution is 2.21. The minimum Gasteiger partial charge on any atom is -0.461 e. The van der Waals surface area contributed by atoms with Crippen LogP contribution in [0, 0.1) is 0 Å². The zero-order valence-electron chi connectivity index (χ0n) is 6.17. The lowest BCUT2D eigenvalue weighted by atomic mass is 9.90. The maximum atomic E-state index is 10.7. The van der Waals surface area contributed by atoms with Gasteiger partial charge in [-0.25, -0.2) is 0 Å². The van der Waals surface area contributed by atoms with Crippen LogP contribution in [0.4, 0.5) is 0 Å². The smallest absolute Gasteiger partial charge is 0.305 e. The maximum absolute atomic E-state index is 10.7. The van der Waals surface area contributed by atoms with Crippen LogP contribution in [0.1, 0.15) is 26.2 Å². The van der Waals surface area contributed by atoms with Crippen LogP contribution in [0.3, 0.4) is 0 Å². The number of hydrogen-bond acceptors (Lipinski definition) is 3. The quantitative estimate of drug-likeness (QED) is 0.570. The average Bonchev–Trinajstić information content (AvgIpc) is 1.96. The molecule has 1 fully saturated rings. The number of rotatable bonds is 2. The van der Waals surface area contributed by atoms with Crippen molar-refractivity contribution in [1.29, 1.82) is 0 Å². The lowest BCUT2D eigenvalue weighted by Gasteiger charge is -2.32. The van der Waals surface area contributed by atoms with Crippen LogP contribution in [0.2, 0.25) is 0 Å². The molecule has 0 aliphatic heterocycles. The topological polar surface area (TPSA) is 52.3 Å². The Labute approximate surface area is 60.5 Å². The van der Waals surface area contributed by atoms with E-state index in [-0.39, 0.29) is 18.1 Å². The van der Waals surface area contributed by atoms with Crippen LogP contribution in [0.5, 0.6) is 0 Å². The van der Waals surface area contributed by atoms with E-state index >= 15 is 0 Å². The van der Waals surface area contributed by atoms with E-state index in [0.29, 0.717) is 6.42 Å². The monoisotopic (exact) mass is 143 g/mol. The number of esters is 1. The average molecular weight is 143 g/mol. The molecular weight excluding hydrogens is 130 g/mol. The third-order valence-electron chi connectivity index (χ3n) is 1.83. The van der Waals surface area contributed by atoms with E-state index in [1.165, 1.54) is 0 Å². The SMILES string of the molecule is CCC(=O)OC1CCC1N. The summed E-state index contributed by atoms with van der Waals surface area (Å²) < 4.78 is 4.98. The Hall–Kier alpha value is -0.570. The summed E-state index contributed by atoms with van der Waals surface area (Å²) in [6.07, 6.45) is 2.38. The molecule has 10 heavy (non-hydrogen) atoms. The van der Waals surface area contributed by atoms with Crippen LogP contribution in [0.15, 0.2) is 0 Å². The van der Waals surface area contributed by atoms with Gasteiger partial charge in [0.2, 0.25) is 0 Å². The molecule has 0 aromatic heterocycles. The third-order valence-corrected chi connectivity index (χ3v) is 1.83. The van der Waals surface area contributed by atoms with Gasteiger partial charge >= 0.3 is 5.97 Å². The predicted octanol–water partition coefficient (Wildman–Crippen LogP) is 0.429. The van der Waals surface area contributed by atoms with E-state index in [1.807, 2.05) is 0 Å². The van der Waals surface area contributed by atoms with Gasteiger partial charge in [-0.15, -0.1) is 0 Å². The van der Waals surface area contributed by atoms with Crippen molar-refractivity contribution in [2.45, 2.75) is 38.3 Å². The Morgan fingerprint density at radius 2 is 2.40 bits per heavy atom. The van der Waals surface area contributed by atoms with Crippen molar-refractivity contribution < 1.29 is 9.53 Å². The number of carbonyl (C=O) groups excluding carboxylic acids is 1. The second-order valence-electron chi connectivity index (χ2n) is 2.62. The molecule has 0 saturated heterocycles. The molecule has 2 unspecified atom stereocenters. The van der Waals surface area contributed by atoms with Gasteiger partial charge in [-0.2, -0.15) is 0 Å². The lowest BCUT2D eigenvalue weighted by Crippen LogP contribution is -2.46. The molecule has 3 heteroatoms. The molecule has 0 amide bonds. The Balaban J connectivity index is 2.19. The van der Waals surface area contributed by atoms with Crippen molar-refractivity contribution in [3.8, 4) is 0 Å². The van der Waals surface area contributed by atoms with Gasteiger partial charge in [0, 0.05) is 12.5 Å². The summed E-state index contributed by atoms with van der Waals surface area (Å²) in [5.41, 5.74) is 5.55. The molecule has 1 aliphatic rings. The fourth-order valence-electron chi connectivity index (χ4n) is 0.894. The van der Waals surface area contributed by atoms with Gasteiger partial charge in [0.05, 0.1) is 0 Å². The standard InChI is InChI=1S/C7H13NO2/c1-2-7(9)10-6-4-3-5(6)8/h5-6H,2-4,8H2,1H3. The molecule has 1 aliphatic carbocycles. The molecule has 0 aromatic carbocycles. The van der Waals surface area contributed by atoms with E-state index in [9.17, 15) is 4.79 Å². The highest BCUT2D eigenvalue weighted by atomic mass is 16.5. The molecule has 1 rings (SSSR count). The van der Waals surface area contributed by atoms with Crippen molar-refractivity contribution in [2.75, 3.05) is 0 Å². The molecule has 0 heterocycles. The van der Waals surface area contributed by atoms with Crippen LogP contribution in [0.25, 0.3) is 0 Å². The van der Waals surface area contributed by atoms with Crippen molar-refractivity contribution in [1.82, 2.24) is 0 Å². The van der Waals surface area contributed by atoms with E-state index in [4.69, 9.17) is 10.5 Å². The van der Waals surface area contributed by atoms with Crippen molar-refractivity contribution >= 4 is 5.97 Å². The summed E-state index contributed by atoms with van der Waals surface area (Å²) in [6, 6.07) is 0.0931. The Morgan fingerprint density at radius 1 is 1.70 bits per heavy atom. The van der Waals surface area contributed by atoms with Gasteiger partial charge in [-0.05, 0) is 12.8 Å². The highest BCUT2D eigenvalue weighted by molar-refractivity contribution is 5.69. The van der Waals surface area contributed by atoms with Crippen molar-refractivity contribution in [2.24, 2.45) is 5.73 Å². The first-order valence-electron chi connectivity index (χ1n) is 3.69. The minimum atomic E-state index is -0.139. The molecule has 58 valence electrons. The Kier molecular flexibility index (Phi) is 2.27. The van der Waals surface area contributed by atoms with Gasteiger partial charge in [0.25, 0.3) is 0 Å². The summed E-state index contributed by atoms with van der Waals surface area (Å²) in [5, 5.41) is 0. The van der Waals surface area contributed by atoms with Crippen molar-refractivity contribution in [3.05, 3.63) is 0 Å². The Morgan fingerprint density at radius 3 is 2.70 bits per heavy atom. The largest absolute Gasteiger partial charge is 0.461 e. The van der Waals surface area contributed by atoms with E-state index < -0.39 is 0 Å². The number of hydrogen-bond donors (Lipinski definition) is 1. The highest BCUT2D eigenvalue weighted by Gasteiger charge is 2.30. The molecular formula is C7H13NO2. The summed E-state index contributed by atoms with van der Waals surface area (Å²) in [7, 11) is 0. The summed E-state index contributed by atoms with van der Waals surface area (Å²) in [5.74, 6) is -0.139. The molecule has 0 spiro atoms. The summed E-state index contributed by atoms with van der Waals surface area (Å²) in [4.78, 5) is 10.7. The molecule has 1 saturated carbocycles. The molecule has 0 bridgehead atoms. The predicted molar refractivity (Wildman–Crippen MR) is 37.4 cm³/mol. The second-order valence-corrected chi connectivity index (χ2v) is 2.62. The fourth-order valence-corrected chi connectivity index (χ4v) is 0.894.